The van der Waals surface area contributed by atoms with Gasteiger partial charge in [0.2, 0.25) is 0 Å². The van der Waals surface area contributed by atoms with Gasteiger partial charge in [-0.1, -0.05) is 13.8 Å². The molecule has 0 spiro atoms. The van der Waals surface area contributed by atoms with E-state index < -0.39 is 11.5 Å². The zero-order chi connectivity index (χ0) is 16.0. The van der Waals surface area contributed by atoms with E-state index in [4.69, 9.17) is 0 Å². The highest BCUT2D eigenvalue weighted by Crippen LogP contribution is 2.20. The number of nitrogens with zero attached hydrogens (tertiary/aromatic N) is 2. The Labute approximate surface area is 127 Å². The summed E-state index contributed by atoms with van der Waals surface area (Å²) in [5.41, 5.74) is 2.64. The highest BCUT2D eigenvalue weighted by atomic mass is 16.4. The van der Waals surface area contributed by atoms with Gasteiger partial charge in [0.25, 0.3) is 0 Å². The van der Waals surface area contributed by atoms with Gasteiger partial charge in [-0.3, -0.25) is 9.48 Å². The zero-order valence-corrected chi connectivity index (χ0v) is 14.0. The fraction of sp³-hybridized carbons (Fsp3) is 0.750. The maximum Gasteiger partial charge on any atom is 0.323 e. The molecule has 1 atom stereocenters. The Morgan fingerprint density at radius 1 is 1.33 bits per heavy atom. The van der Waals surface area contributed by atoms with E-state index in [1.165, 1.54) is 11.3 Å². The molecule has 5 heteroatoms. The van der Waals surface area contributed by atoms with Gasteiger partial charge in [-0.2, -0.15) is 5.10 Å². The van der Waals surface area contributed by atoms with E-state index in [9.17, 15) is 9.90 Å². The first kappa shape index (κ1) is 17.7. The van der Waals surface area contributed by atoms with Gasteiger partial charge in [0.15, 0.2) is 0 Å². The molecular weight excluding hydrogens is 266 g/mol. The fourth-order valence-corrected chi connectivity index (χ4v) is 2.62. The van der Waals surface area contributed by atoms with Crippen LogP contribution < -0.4 is 5.32 Å². The number of hydrogen-bond donors (Lipinski definition) is 2. The van der Waals surface area contributed by atoms with Gasteiger partial charge in [-0.15, -0.1) is 0 Å². The summed E-state index contributed by atoms with van der Waals surface area (Å²) in [6, 6.07) is 0. The first-order chi connectivity index (χ1) is 9.88. The van der Waals surface area contributed by atoms with Gasteiger partial charge in [-0.25, -0.2) is 0 Å². The minimum atomic E-state index is -0.804. The van der Waals surface area contributed by atoms with Gasteiger partial charge in [0.1, 0.15) is 5.54 Å². The Morgan fingerprint density at radius 2 is 2.00 bits per heavy atom. The molecule has 1 aromatic rings. The third kappa shape index (κ3) is 4.06. The number of aliphatic carboxylic acids is 1. The molecule has 0 radical (unpaired) electrons. The highest BCUT2D eigenvalue weighted by molar-refractivity contribution is 5.78. The lowest BCUT2D eigenvalue weighted by atomic mass is 9.90. The summed E-state index contributed by atoms with van der Waals surface area (Å²) in [7, 11) is 0. The average molecular weight is 295 g/mol. The van der Waals surface area contributed by atoms with Crippen LogP contribution in [0.5, 0.6) is 0 Å². The van der Waals surface area contributed by atoms with Crippen molar-refractivity contribution in [3.05, 3.63) is 17.0 Å². The first-order valence-corrected chi connectivity index (χ1v) is 7.87. The Balaban J connectivity index is 2.69. The van der Waals surface area contributed by atoms with Crippen LogP contribution in [-0.4, -0.2) is 32.9 Å². The Hall–Kier alpha value is -1.36. The van der Waals surface area contributed by atoms with Gasteiger partial charge in [-0.05, 0) is 58.6 Å². The molecule has 0 aliphatic rings. The van der Waals surface area contributed by atoms with Crippen molar-refractivity contribution in [1.82, 2.24) is 15.1 Å². The molecule has 0 bridgehead atoms. The monoisotopic (exact) mass is 295 g/mol. The van der Waals surface area contributed by atoms with Crippen LogP contribution in [-0.2, 0) is 11.3 Å². The molecule has 0 aromatic carbocycles. The molecule has 0 saturated carbocycles. The van der Waals surface area contributed by atoms with Crippen LogP contribution in [0.3, 0.4) is 0 Å². The Bertz CT molecular complexity index is 482. The number of rotatable bonds is 9. The topological polar surface area (TPSA) is 67.2 Å². The minimum Gasteiger partial charge on any atom is -0.480 e. The number of nitrogens with one attached hydrogen (secondary N) is 1. The van der Waals surface area contributed by atoms with Crippen molar-refractivity contribution >= 4 is 5.97 Å². The van der Waals surface area contributed by atoms with Crippen LogP contribution in [0.1, 0.15) is 56.5 Å². The minimum absolute atomic E-state index is 0.596. The van der Waals surface area contributed by atoms with Crippen molar-refractivity contribution in [2.24, 2.45) is 0 Å². The van der Waals surface area contributed by atoms with Crippen molar-refractivity contribution in [2.75, 3.05) is 6.54 Å². The van der Waals surface area contributed by atoms with Crippen LogP contribution in [0.4, 0.5) is 0 Å². The molecule has 1 aromatic heterocycles. The van der Waals surface area contributed by atoms with E-state index in [2.05, 4.69) is 24.3 Å². The van der Waals surface area contributed by atoms with E-state index in [0.717, 1.165) is 31.6 Å². The molecule has 1 heterocycles. The van der Waals surface area contributed by atoms with Crippen molar-refractivity contribution in [3.63, 3.8) is 0 Å². The molecule has 0 amide bonds. The van der Waals surface area contributed by atoms with E-state index >= 15 is 0 Å². The molecule has 0 aliphatic carbocycles. The summed E-state index contributed by atoms with van der Waals surface area (Å²) in [5.74, 6) is -0.747. The van der Waals surface area contributed by atoms with Crippen molar-refractivity contribution in [1.29, 1.82) is 0 Å². The number of aryl methyl sites for hydroxylation is 2. The van der Waals surface area contributed by atoms with Gasteiger partial charge >= 0.3 is 5.97 Å². The van der Waals surface area contributed by atoms with E-state index in [1.807, 2.05) is 25.5 Å². The van der Waals surface area contributed by atoms with Gasteiger partial charge < -0.3 is 10.4 Å². The first-order valence-electron chi connectivity index (χ1n) is 7.87. The summed E-state index contributed by atoms with van der Waals surface area (Å²) < 4.78 is 1.99. The smallest absolute Gasteiger partial charge is 0.323 e. The van der Waals surface area contributed by atoms with Crippen LogP contribution in [0.15, 0.2) is 0 Å². The molecule has 0 saturated heterocycles. The number of carboxylic acids is 1. The van der Waals surface area contributed by atoms with Crippen LogP contribution in [0.25, 0.3) is 0 Å². The summed E-state index contributed by atoms with van der Waals surface area (Å²) >= 11 is 0. The lowest BCUT2D eigenvalue weighted by Gasteiger charge is -2.29. The molecule has 21 heavy (non-hydrogen) atoms. The third-order valence-corrected chi connectivity index (χ3v) is 4.44. The molecular formula is C16H29N3O2. The van der Waals surface area contributed by atoms with Crippen molar-refractivity contribution < 1.29 is 9.90 Å². The van der Waals surface area contributed by atoms with Gasteiger partial charge in [0, 0.05) is 12.2 Å². The zero-order valence-electron chi connectivity index (χ0n) is 14.0. The van der Waals surface area contributed by atoms with Crippen LogP contribution in [0, 0.1) is 20.8 Å². The maximum atomic E-state index is 11.6. The molecule has 120 valence electrons. The summed E-state index contributed by atoms with van der Waals surface area (Å²) in [4.78, 5) is 11.6. The SMILES string of the molecule is CCCNC(CC)(CCCn1nc(C)c(C)c1C)C(=O)O. The highest BCUT2D eigenvalue weighted by Gasteiger charge is 2.35. The summed E-state index contributed by atoms with van der Waals surface area (Å²) in [5, 5.41) is 17.3. The number of carbonyl (C=O) groups is 1. The Kier molecular flexibility index (Phi) is 6.40. The van der Waals surface area contributed by atoms with E-state index in [0.29, 0.717) is 12.8 Å². The number of aromatic nitrogens is 2. The fourth-order valence-electron chi connectivity index (χ4n) is 2.62. The maximum absolute atomic E-state index is 11.6. The number of hydrogen-bond acceptors (Lipinski definition) is 3. The van der Waals surface area contributed by atoms with Crippen molar-refractivity contribution in [3.8, 4) is 0 Å². The second-order valence-corrected chi connectivity index (χ2v) is 5.79. The van der Waals surface area contributed by atoms with Crippen molar-refractivity contribution in [2.45, 2.75) is 72.4 Å². The number of carboxylic acid groups (broad SMARTS) is 1. The quantitative estimate of drug-likeness (QED) is 0.735. The molecule has 0 fully saturated rings. The summed E-state index contributed by atoms with van der Waals surface area (Å²) in [6.07, 6.45) is 2.96. The van der Waals surface area contributed by atoms with E-state index in [-0.39, 0.29) is 0 Å². The Morgan fingerprint density at radius 3 is 2.43 bits per heavy atom. The van der Waals surface area contributed by atoms with Crippen LogP contribution >= 0.6 is 0 Å². The second kappa shape index (κ2) is 7.59. The predicted molar refractivity (Wildman–Crippen MR) is 84.6 cm³/mol. The third-order valence-electron chi connectivity index (χ3n) is 4.44. The second-order valence-electron chi connectivity index (χ2n) is 5.79. The molecule has 5 nitrogen and oxygen atoms in total. The lowest BCUT2D eigenvalue weighted by molar-refractivity contribution is -0.145. The largest absolute Gasteiger partial charge is 0.480 e. The van der Waals surface area contributed by atoms with Gasteiger partial charge in [0.05, 0.1) is 5.69 Å². The van der Waals surface area contributed by atoms with E-state index in [1.54, 1.807) is 0 Å². The lowest BCUT2D eigenvalue weighted by Crippen LogP contribution is -2.52. The average Bonchev–Trinajstić information content (AvgIpc) is 2.70. The molecule has 1 rings (SSSR count). The molecule has 1 unspecified atom stereocenters. The molecule has 2 N–H and O–H groups in total. The normalized spacial score (nSPS) is 14.1. The van der Waals surface area contributed by atoms with Crippen LogP contribution in [0.2, 0.25) is 0 Å². The summed E-state index contributed by atoms with van der Waals surface area (Å²) in [6.45, 7) is 11.6. The molecule has 0 aliphatic heterocycles. The predicted octanol–water partition coefficient (Wildman–Crippen LogP) is 2.82. The standard InChI is InChI=1S/C16H29N3O2/c1-6-10-17-16(7-2,15(20)21)9-8-11-19-14(5)12(3)13(4)18-19/h17H,6-11H2,1-5H3,(H,20,21).